The van der Waals surface area contributed by atoms with E-state index in [-0.39, 0.29) is 12.5 Å². The number of fused-ring (bicyclic) bond motifs is 1. The van der Waals surface area contributed by atoms with Gasteiger partial charge in [-0.2, -0.15) is 5.10 Å². The van der Waals surface area contributed by atoms with Crippen LogP contribution in [0.5, 0.6) is 5.75 Å². The van der Waals surface area contributed by atoms with Gasteiger partial charge in [0.2, 0.25) is 0 Å². The quantitative estimate of drug-likeness (QED) is 0.483. The maximum Gasteiger partial charge on any atom is 0.277 e. The molecule has 4 nitrogen and oxygen atoms in total. The molecule has 0 aliphatic rings. The third-order valence-electron chi connectivity index (χ3n) is 3.96. The molecule has 0 bridgehead atoms. The number of carbonyl (C=O) groups excluding carboxylic acids is 1. The van der Waals surface area contributed by atoms with E-state index >= 15 is 0 Å². The number of nitrogens with zero attached hydrogens (tertiary/aromatic N) is 1. The lowest BCUT2D eigenvalue weighted by Crippen LogP contribution is -2.25. The average Bonchev–Trinajstić information content (AvgIpc) is 2.65. The highest BCUT2D eigenvalue weighted by atomic mass is 79.9. The first kappa shape index (κ1) is 18.1. The molecule has 0 fully saturated rings. The van der Waals surface area contributed by atoms with Crippen molar-refractivity contribution in [3.05, 3.63) is 76.3 Å². The number of benzene rings is 3. The topological polar surface area (TPSA) is 50.7 Å². The van der Waals surface area contributed by atoms with E-state index in [1.165, 1.54) is 5.39 Å². The molecule has 0 heterocycles. The van der Waals surface area contributed by atoms with E-state index < -0.39 is 0 Å². The number of aryl methyl sites for hydroxylation is 1. The number of ether oxygens (including phenoxy) is 1. The minimum absolute atomic E-state index is 0.101. The number of rotatable bonds is 5. The van der Waals surface area contributed by atoms with Gasteiger partial charge in [0, 0.05) is 0 Å². The van der Waals surface area contributed by atoms with Crippen molar-refractivity contribution in [2.75, 3.05) is 6.61 Å². The number of nitrogens with one attached hydrogen (secondary N) is 1. The van der Waals surface area contributed by atoms with Gasteiger partial charge in [-0.25, -0.2) is 5.43 Å². The molecule has 1 amide bonds. The van der Waals surface area contributed by atoms with Crippen molar-refractivity contribution < 1.29 is 9.53 Å². The molecule has 0 aliphatic carbocycles. The number of carbonyl (C=O) groups is 1. The molecule has 0 saturated carbocycles. The maximum atomic E-state index is 12.0. The van der Waals surface area contributed by atoms with Gasteiger partial charge in [-0.15, -0.1) is 0 Å². The normalized spacial score (nSPS) is 11.4. The number of halogens is 1. The SMILES string of the molecule is C/C(=N\NC(=O)COc1ccc(C)cc1Br)c1ccc2ccccc2c1. The van der Waals surface area contributed by atoms with Gasteiger partial charge in [0.05, 0.1) is 10.2 Å². The Labute approximate surface area is 161 Å². The lowest BCUT2D eigenvalue weighted by atomic mass is 10.0. The number of hydrogen-bond acceptors (Lipinski definition) is 3. The Morgan fingerprint density at radius 2 is 1.85 bits per heavy atom. The standard InChI is InChI=1S/C21H19BrN2O2/c1-14-7-10-20(19(22)11-14)26-13-21(25)24-23-15(2)17-9-8-16-5-3-4-6-18(16)12-17/h3-12H,13H2,1-2H3,(H,24,25)/b23-15+. The second-order valence-electron chi connectivity index (χ2n) is 6.02. The number of amides is 1. The summed E-state index contributed by atoms with van der Waals surface area (Å²) in [6.45, 7) is 3.75. The molecule has 0 atom stereocenters. The molecular formula is C21H19BrN2O2. The van der Waals surface area contributed by atoms with Crippen LogP contribution in [0.1, 0.15) is 18.1 Å². The molecule has 3 rings (SSSR count). The van der Waals surface area contributed by atoms with Gasteiger partial charge in [0.1, 0.15) is 5.75 Å². The van der Waals surface area contributed by atoms with E-state index in [1.807, 2.05) is 56.3 Å². The van der Waals surface area contributed by atoms with Crippen LogP contribution in [0.4, 0.5) is 0 Å². The van der Waals surface area contributed by atoms with Crippen LogP contribution in [0.3, 0.4) is 0 Å². The van der Waals surface area contributed by atoms with Gasteiger partial charge < -0.3 is 4.74 Å². The van der Waals surface area contributed by atoms with Crippen molar-refractivity contribution >= 4 is 38.3 Å². The van der Waals surface area contributed by atoms with Crippen LogP contribution in [0.2, 0.25) is 0 Å². The van der Waals surface area contributed by atoms with Crippen LogP contribution >= 0.6 is 15.9 Å². The summed E-state index contributed by atoms with van der Waals surface area (Å²) in [5.41, 5.74) is 5.35. The van der Waals surface area contributed by atoms with Gasteiger partial charge in [0.15, 0.2) is 6.61 Å². The summed E-state index contributed by atoms with van der Waals surface area (Å²) in [7, 11) is 0. The maximum absolute atomic E-state index is 12.0. The van der Waals surface area contributed by atoms with Crippen LogP contribution < -0.4 is 10.2 Å². The molecular weight excluding hydrogens is 392 g/mol. The van der Waals surface area contributed by atoms with Crippen molar-refractivity contribution in [3.8, 4) is 5.75 Å². The summed E-state index contributed by atoms with van der Waals surface area (Å²) in [4.78, 5) is 12.0. The summed E-state index contributed by atoms with van der Waals surface area (Å²) >= 11 is 3.43. The van der Waals surface area contributed by atoms with Crippen LogP contribution in [-0.4, -0.2) is 18.2 Å². The molecule has 0 saturated heterocycles. The molecule has 26 heavy (non-hydrogen) atoms. The monoisotopic (exact) mass is 410 g/mol. The van der Waals surface area contributed by atoms with Gasteiger partial charge in [0.25, 0.3) is 5.91 Å². The second-order valence-corrected chi connectivity index (χ2v) is 6.87. The second kappa shape index (κ2) is 8.15. The van der Waals surface area contributed by atoms with E-state index in [2.05, 4.69) is 44.7 Å². The highest BCUT2D eigenvalue weighted by molar-refractivity contribution is 9.10. The zero-order chi connectivity index (χ0) is 18.5. The van der Waals surface area contributed by atoms with Gasteiger partial charge in [-0.1, -0.05) is 42.5 Å². The minimum Gasteiger partial charge on any atom is -0.483 e. The Bertz CT molecular complexity index is 983. The van der Waals surface area contributed by atoms with Crippen LogP contribution in [0.25, 0.3) is 10.8 Å². The molecule has 0 aromatic heterocycles. The van der Waals surface area contributed by atoms with E-state index in [9.17, 15) is 4.79 Å². The summed E-state index contributed by atoms with van der Waals surface area (Å²) in [5, 5.41) is 6.48. The fourth-order valence-corrected chi connectivity index (χ4v) is 3.13. The first-order valence-corrected chi connectivity index (χ1v) is 9.03. The molecule has 132 valence electrons. The molecule has 0 spiro atoms. The lowest BCUT2D eigenvalue weighted by molar-refractivity contribution is -0.123. The Balaban J connectivity index is 1.61. The fraction of sp³-hybridized carbons (Fsp3) is 0.143. The zero-order valence-electron chi connectivity index (χ0n) is 14.6. The van der Waals surface area contributed by atoms with Crippen LogP contribution in [-0.2, 0) is 4.79 Å². The summed E-state index contributed by atoms with van der Waals surface area (Å²) in [6, 6.07) is 19.9. The Hall–Kier alpha value is -2.66. The van der Waals surface area contributed by atoms with Crippen molar-refractivity contribution in [2.24, 2.45) is 5.10 Å². The highest BCUT2D eigenvalue weighted by Crippen LogP contribution is 2.25. The van der Waals surface area contributed by atoms with Gasteiger partial charge in [-0.05, 0) is 69.9 Å². The van der Waals surface area contributed by atoms with Crippen molar-refractivity contribution in [2.45, 2.75) is 13.8 Å². The highest BCUT2D eigenvalue weighted by Gasteiger charge is 2.06. The van der Waals surface area contributed by atoms with Gasteiger partial charge >= 0.3 is 0 Å². The van der Waals surface area contributed by atoms with Crippen LogP contribution in [0, 0.1) is 6.92 Å². The fourth-order valence-electron chi connectivity index (χ4n) is 2.52. The largest absolute Gasteiger partial charge is 0.483 e. The Morgan fingerprint density at radius 1 is 1.08 bits per heavy atom. The number of hydrogen-bond donors (Lipinski definition) is 1. The molecule has 0 aliphatic heterocycles. The summed E-state index contributed by atoms with van der Waals surface area (Å²) < 4.78 is 6.34. The van der Waals surface area contributed by atoms with E-state index in [1.54, 1.807) is 0 Å². The molecule has 3 aromatic carbocycles. The average molecular weight is 411 g/mol. The predicted octanol–water partition coefficient (Wildman–Crippen LogP) is 4.83. The minimum atomic E-state index is -0.308. The molecule has 1 N–H and O–H groups in total. The molecule has 0 unspecified atom stereocenters. The van der Waals surface area contributed by atoms with E-state index in [0.29, 0.717) is 5.75 Å². The predicted molar refractivity (Wildman–Crippen MR) is 109 cm³/mol. The number of hydrazone groups is 1. The third-order valence-corrected chi connectivity index (χ3v) is 4.58. The Kier molecular flexibility index (Phi) is 5.68. The van der Waals surface area contributed by atoms with Gasteiger partial charge in [-0.3, -0.25) is 4.79 Å². The van der Waals surface area contributed by atoms with Crippen LogP contribution in [0.15, 0.2) is 70.2 Å². The van der Waals surface area contributed by atoms with Crippen molar-refractivity contribution in [1.29, 1.82) is 0 Å². The van der Waals surface area contributed by atoms with E-state index in [4.69, 9.17) is 4.74 Å². The first-order chi connectivity index (χ1) is 12.5. The lowest BCUT2D eigenvalue weighted by Gasteiger charge is -2.08. The third kappa shape index (κ3) is 4.49. The molecule has 0 radical (unpaired) electrons. The smallest absolute Gasteiger partial charge is 0.277 e. The summed E-state index contributed by atoms with van der Waals surface area (Å²) in [5.74, 6) is 0.318. The molecule has 3 aromatic rings. The van der Waals surface area contributed by atoms with E-state index in [0.717, 1.165) is 26.7 Å². The molecule has 5 heteroatoms. The van der Waals surface area contributed by atoms with Crippen molar-refractivity contribution in [1.82, 2.24) is 5.43 Å². The first-order valence-electron chi connectivity index (χ1n) is 8.24. The Morgan fingerprint density at radius 3 is 2.62 bits per heavy atom. The van der Waals surface area contributed by atoms with Crippen molar-refractivity contribution in [3.63, 3.8) is 0 Å². The summed E-state index contributed by atoms with van der Waals surface area (Å²) in [6.07, 6.45) is 0. The zero-order valence-corrected chi connectivity index (χ0v) is 16.2.